The van der Waals surface area contributed by atoms with E-state index in [1.807, 2.05) is 0 Å². The largest absolute Gasteiger partial charge is 0.463 e. The first-order valence-corrected chi connectivity index (χ1v) is 5.64. The van der Waals surface area contributed by atoms with Gasteiger partial charge in [-0.3, -0.25) is 0 Å². The van der Waals surface area contributed by atoms with Gasteiger partial charge in [0.15, 0.2) is 0 Å². The van der Waals surface area contributed by atoms with E-state index in [4.69, 9.17) is 15.2 Å². The highest BCUT2D eigenvalue weighted by molar-refractivity contribution is 5.22. The first-order valence-electron chi connectivity index (χ1n) is 5.64. The number of hydrogen-bond acceptors (Lipinski definition) is 3. The smallest absolute Gasteiger partial charge is 0.142 e. The second-order valence-electron chi connectivity index (χ2n) is 3.91. The summed E-state index contributed by atoms with van der Waals surface area (Å²) < 4.78 is 10.9. The minimum Gasteiger partial charge on any atom is -0.463 e. The first-order chi connectivity index (χ1) is 7.88. The third-order valence-corrected chi connectivity index (χ3v) is 2.58. The Kier molecular flexibility index (Phi) is 3.83. The summed E-state index contributed by atoms with van der Waals surface area (Å²) in [6.45, 7) is 0.578. The van der Waals surface area contributed by atoms with Crippen molar-refractivity contribution < 1.29 is 9.47 Å². The van der Waals surface area contributed by atoms with Crippen LogP contribution < -0.4 is 5.73 Å². The Labute approximate surface area is 95.9 Å². The minimum atomic E-state index is 0.578. The lowest BCUT2D eigenvalue weighted by molar-refractivity contribution is 0.216. The first kappa shape index (κ1) is 11.0. The Morgan fingerprint density at radius 1 is 1.19 bits per heavy atom. The Hall–Kier alpha value is -1.48. The summed E-state index contributed by atoms with van der Waals surface area (Å²) >= 11 is 0. The Balaban J connectivity index is 1.85. The molecule has 0 radical (unpaired) electrons. The molecule has 0 saturated carbocycles. The average molecular weight is 219 g/mol. The van der Waals surface area contributed by atoms with Gasteiger partial charge in [-0.25, -0.2) is 0 Å². The van der Waals surface area contributed by atoms with Crippen molar-refractivity contribution in [3.63, 3.8) is 0 Å². The normalized spacial score (nSPS) is 19.2. The van der Waals surface area contributed by atoms with Gasteiger partial charge in [0, 0.05) is 12.8 Å². The molecule has 1 heterocycles. The molecular formula is C13H17NO2. The quantitative estimate of drug-likeness (QED) is 0.790. The van der Waals surface area contributed by atoms with E-state index in [1.54, 1.807) is 12.5 Å². The zero-order valence-corrected chi connectivity index (χ0v) is 9.32. The molecule has 16 heavy (non-hydrogen) atoms. The van der Waals surface area contributed by atoms with Crippen LogP contribution in [0.5, 0.6) is 0 Å². The van der Waals surface area contributed by atoms with Crippen LogP contribution in [0.2, 0.25) is 0 Å². The van der Waals surface area contributed by atoms with Crippen molar-refractivity contribution in [2.75, 3.05) is 6.54 Å². The van der Waals surface area contributed by atoms with Gasteiger partial charge in [-0.15, -0.1) is 0 Å². The van der Waals surface area contributed by atoms with E-state index in [2.05, 4.69) is 18.2 Å². The van der Waals surface area contributed by atoms with Crippen LogP contribution >= 0.6 is 0 Å². The molecule has 1 aliphatic carbocycles. The molecule has 0 bridgehead atoms. The number of rotatable bonds is 4. The Bertz CT molecular complexity index is 364. The van der Waals surface area contributed by atoms with Crippen molar-refractivity contribution in [2.45, 2.75) is 25.7 Å². The molecule has 0 amide bonds. The van der Waals surface area contributed by atoms with Gasteiger partial charge in [-0.2, -0.15) is 0 Å². The second-order valence-corrected chi connectivity index (χ2v) is 3.91. The third-order valence-electron chi connectivity index (χ3n) is 2.58. The van der Waals surface area contributed by atoms with Crippen molar-refractivity contribution >= 4 is 0 Å². The van der Waals surface area contributed by atoms with E-state index < -0.39 is 0 Å². The summed E-state index contributed by atoms with van der Waals surface area (Å²) in [6.07, 6.45) is 13.5. The van der Waals surface area contributed by atoms with E-state index in [0.29, 0.717) is 6.54 Å². The number of allylic oxidation sites excluding steroid dienone is 4. The van der Waals surface area contributed by atoms with Gasteiger partial charge in [0.1, 0.15) is 24.0 Å². The summed E-state index contributed by atoms with van der Waals surface area (Å²) in [5.74, 6) is 1.66. The predicted octanol–water partition coefficient (Wildman–Crippen LogP) is 2.73. The molecule has 0 saturated heterocycles. The summed E-state index contributed by atoms with van der Waals surface area (Å²) in [7, 11) is 0. The molecule has 2 aliphatic rings. The highest BCUT2D eigenvalue weighted by atomic mass is 16.5. The molecule has 3 heteroatoms. The molecule has 0 atom stereocenters. The Morgan fingerprint density at radius 3 is 2.62 bits per heavy atom. The lowest BCUT2D eigenvalue weighted by atomic mass is 10.0. The molecule has 0 aromatic heterocycles. The third kappa shape index (κ3) is 3.00. The van der Waals surface area contributed by atoms with Crippen LogP contribution in [0, 0.1) is 0 Å². The average Bonchev–Trinajstić information content (AvgIpc) is 2.33. The van der Waals surface area contributed by atoms with E-state index in [-0.39, 0.29) is 0 Å². The molecule has 0 spiro atoms. The van der Waals surface area contributed by atoms with Gasteiger partial charge < -0.3 is 15.2 Å². The second kappa shape index (κ2) is 5.56. The molecule has 86 valence electrons. The SMILES string of the molecule is NCCC1=COC(CC2=CC=CCC2)=CO1. The maximum absolute atomic E-state index is 5.50. The topological polar surface area (TPSA) is 44.5 Å². The fourth-order valence-corrected chi connectivity index (χ4v) is 1.71. The van der Waals surface area contributed by atoms with Gasteiger partial charge >= 0.3 is 0 Å². The molecule has 2 rings (SSSR count). The van der Waals surface area contributed by atoms with Crippen molar-refractivity contribution in [2.24, 2.45) is 5.73 Å². The number of ether oxygens (including phenoxy) is 2. The van der Waals surface area contributed by atoms with Gasteiger partial charge in [-0.1, -0.05) is 23.8 Å². The van der Waals surface area contributed by atoms with Crippen molar-refractivity contribution in [3.8, 4) is 0 Å². The summed E-state index contributed by atoms with van der Waals surface area (Å²) in [6, 6.07) is 0. The van der Waals surface area contributed by atoms with Gasteiger partial charge in [0.05, 0.1) is 0 Å². The van der Waals surface area contributed by atoms with Crippen LogP contribution in [0.1, 0.15) is 25.7 Å². The molecule has 1 aliphatic heterocycles. The number of nitrogens with two attached hydrogens (primary N) is 1. The van der Waals surface area contributed by atoms with Crippen LogP contribution in [0.25, 0.3) is 0 Å². The van der Waals surface area contributed by atoms with Crippen LogP contribution in [0.15, 0.2) is 47.8 Å². The molecule has 0 unspecified atom stereocenters. The molecular weight excluding hydrogens is 202 g/mol. The van der Waals surface area contributed by atoms with Gasteiger partial charge in [0.25, 0.3) is 0 Å². The van der Waals surface area contributed by atoms with Crippen LogP contribution in [0.3, 0.4) is 0 Å². The van der Waals surface area contributed by atoms with Crippen molar-refractivity contribution in [3.05, 3.63) is 47.8 Å². The summed E-state index contributed by atoms with van der Waals surface area (Å²) in [5, 5.41) is 0. The van der Waals surface area contributed by atoms with Crippen molar-refractivity contribution in [1.82, 2.24) is 0 Å². The van der Waals surface area contributed by atoms with E-state index in [0.717, 1.165) is 37.2 Å². The maximum atomic E-state index is 5.50. The zero-order valence-electron chi connectivity index (χ0n) is 9.32. The van der Waals surface area contributed by atoms with Crippen LogP contribution in [-0.4, -0.2) is 6.54 Å². The lowest BCUT2D eigenvalue weighted by Gasteiger charge is -2.16. The fourth-order valence-electron chi connectivity index (χ4n) is 1.71. The minimum absolute atomic E-state index is 0.578. The predicted molar refractivity (Wildman–Crippen MR) is 63.1 cm³/mol. The van der Waals surface area contributed by atoms with Gasteiger partial charge in [0.2, 0.25) is 0 Å². The van der Waals surface area contributed by atoms with E-state index in [9.17, 15) is 0 Å². The van der Waals surface area contributed by atoms with E-state index >= 15 is 0 Å². The maximum Gasteiger partial charge on any atom is 0.142 e. The van der Waals surface area contributed by atoms with Crippen LogP contribution in [0.4, 0.5) is 0 Å². The molecule has 2 N–H and O–H groups in total. The van der Waals surface area contributed by atoms with Gasteiger partial charge in [-0.05, 0) is 19.4 Å². The molecule has 0 aromatic carbocycles. The monoisotopic (exact) mass is 219 g/mol. The number of hydrogen-bond donors (Lipinski definition) is 1. The zero-order chi connectivity index (χ0) is 11.2. The summed E-state index contributed by atoms with van der Waals surface area (Å²) in [4.78, 5) is 0. The van der Waals surface area contributed by atoms with E-state index in [1.165, 1.54) is 5.57 Å². The summed E-state index contributed by atoms with van der Waals surface area (Å²) in [5.41, 5.74) is 6.81. The standard InChI is InChI=1S/C13H17NO2/c14-7-6-12-9-16-13(10-15-12)8-11-4-2-1-3-5-11/h1-2,4,9-10H,3,5-8,14H2. The lowest BCUT2D eigenvalue weighted by Crippen LogP contribution is -2.05. The van der Waals surface area contributed by atoms with Crippen LogP contribution in [-0.2, 0) is 9.47 Å². The molecule has 3 nitrogen and oxygen atoms in total. The highest BCUT2D eigenvalue weighted by Gasteiger charge is 2.10. The highest BCUT2D eigenvalue weighted by Crippen LogP contribution is 2.24. The van der Waals surface area contributed by atoms with Crippen molar-refractivity contribution in [1.29, 1.82) is 0 Å². The molecule has 0 aromatic rings. The Morgan fingerprint density at radius 2 is 2.00 bits per heavy atom. The molecule has 0 fully saturated rings. The fraction of sp³-hybridized carbons (Fsp3) is 0.385.